The second-order valence-electron chi connectivity index (χ2n) is 4.60. The fourth-order valence-corrected chi connectivity index (χ4v) is 3.38. The predicted molar refractivity (Wildman–Crippen MR) is 75.9 cm³/mol. The Hall–Kier alpha value is -1.12. The van der Waals surface area contributed by atoms with Crippen molar-refractivity contribution in [3.63, 3.8) is 0 Å². The molecule has 0 bridgehead atoms. The monoisotopic (exact) mass is 322 g/mol. The summed E-state index contributed by atoms with van der Waals surface area (Å²) >= 11 is 5.91. The normalized spacial score (nSPS) is 12.2. The van der Waals surface area contributed by atoms with Gasteiger partial charge in [0.15, 0.2) is 0 Å². The van der Waals surface area contributed by atoms with Gasteiger partial charge in [0.2, 0.25) is 10.9 Å². The number of aromatic nitrogens is 2. The molecule has 7 nitrogen and oxygen atoms in total. The SMILES string of the molecule is CCN(CC(=O)NC(C)C)S(=O)(=O)c1ncn(C)c1Cl. The van der Waals surface area contributed by atoms with Crippen LogP contribution in [0.2, 0.25) is 5.15 Å². The van der Waals surface area contributed by atoms with Crippen LogP contribution in [0, 0.1) is 0 Å². The molecule has 114 valence electrons. The summed E-state index contributed by atoms with van der Waals surface area (Å²) in [6.45, 7) is 5.15. The summed E-state index contributed by atoms with van der Waals surface area (Å²) in [5.41, 5.74) is 0. The Morgan fingerprint density at radius 1 is 1.55 bits per heavy atom. The van der Waals surface area contributed by atoms with Crippen LogP contribution in [0.4, 0.5) is 0 Å². The van der Waals surface area contributed by atoms with Crippen LogP contribution >= 0.6 is 11.6 Å². The average molecular weight is 323 g/mol. The summed E-state index contributed by atoms with van der Waals surface area (Å²) < 4.78 is 27.2. The number of imidazole rings is 1. The Kier molecular flexibility index (Phi) is 5.55. The Balaban J connectivity index is 2.99. The minimum atomic E-state index is -3.88. The van der Waals surface area contributed by atoms with Crippen molar-refractivity contribution in [1.29, 1.82) is 0 Å². The number of nitrogens with zero attached hydrogens (tertiary/aromatic N) is 3. The van der Waals surface area contributed by atoms with Gasteiger partial charge < -0.3 is 9.88 Å². The minimum absolute atomic E-state index is 0.0210. The molecule has 0 aromatic carbocycles. The molecule has 0 fully saturated rings. The maximum Gasteiger partial charge on any atom is 0.264 e. The van der Waals surface area contributed by atoms with Crippen LogP contribution in [-0.4, -0.2) is 47.3 Å². The molecule has 0 atom stereocenters. The number of hydrogen-bond acceptors (Lipinski definition) is 4. The Labute approximate surface area is 124 Å². The van der Waals surface area contributed by atoms with Gasteiger partial charge in [-0.25, -0.2) is 13.4 Å². The molecule has 0 unspecified atom stereocenters. The fourth-order valence-electron chi connectivity index (χ4n) is 1.58. The number of carbonyl (C=O) groups excluding carboxylic acids is 1. The summed E-state index contributed by atoms with van der Waals surface area (Å²) in [5.74, 6) is -0.363. The smallest absolute Gasteiger partial charge is 0.264 e. The van der Waals surface area contributed by atoms with Gasteiger partial charge in [0, 0.05) is 19.6 Å². The van der Waals surface area contributed by atoms with Crippen LogP contribution in [0.25, 0.3) is 0 Å². The maximum absolute atomic E-state index is 12.4. The molecule has 1 N–H and O–H groups in total. The average Bonchev–Trinajstić information content (AvgIpc) is 2.66. The highest BCUT2D eigenvalue weighted by Crippen LogP contribution is 2.22. The van der Waals surface area contributed by atoms with Gasteiger partial charge in [0.05, 0.1) is 12.9 Å². The Morgan fingerprint density at radius 3 is 2.55 bits per heavy atom. The molecule has 0 spiro atoms. The Morgan fingerprint density at radius 2 is 2.15 bits per heavy atom. The van der Waals surface area contributed by atoms with E-state index < -0.39 is 10.0 Å². The third kappa shape index (κ3) is 3.71. The zero-order valence-corrected chi connectivity index (χ0v) is 13.5. The van der Waals surface area contributed by atoms with Gasteiger partial charge in [-0.3, -0.25) is 4.79 Å². The highest BCUT2D eigenvalue weighted by molar-refractivity contribution is 7.89. The highest BCUT2D eigenvalue weighted by atomic mass is 35.5. The maximum atomic E-state index is 12.4. The van der Waals surface area contributed by atoms with E-state index in [0.29, 0.717) is 0 Å². The lowest BCUT2D eigenvalue weighted by atomic mass is 10.4. The van der Waals surface area contributed by atoms with E-state index in [1.54, 1.807) is 27.8 Å². The van der Waals surface area contributed by atoms with Gasteiger partial charge in [0.25, 0.3) is 10.0 Å². The lowest BCUT2D eigenvalue weighted by Crippen LogP contribution is -2.42. The van der Waals surface area contributed by atoms with E-state index in [2.05, 4.69) is 10.3 Å². The van der Waals surface area contributed by atoms with E-state index >= 15 is 0 Å². The zero-order chi connectivity index (χ0) is 15.5. The molecule has 1 heterocycles. The second kappa shape index (κ2) is 6.55. The van der Waals surface area contributed by atoms with E-state index in [1.807, 2.05) is 0 Å². The molecule has 0 saturated heterocycles. The number of amides is 1. The van der Waals surface area contributed by atoms with Crippen molar-refractivity contribution < 1.29 is 13.2 Å². The summed E-state index contributed by atoms with van der Waals surface area (Å²) in [7, 11) is -2.29. The minimum Gasteiger partial charge on any atom is -0.353 e. The molecule has 9 heteroatoms. The lowest BCUT2D eigenvalue weighted by molar-refractivity contribution is -0.121. The van der Waals surface area contributed by atoms with E-state index in [1.165, 1.54) is 10.9 Å². The van der Waals surface area contributed by atoms with Crippen LogP contribution in [-0.2, 0) is 21.9 Å². The second-order valence-corrected chi connectivity index (χ2v) is 6.82. The van der Waals surface area contributed by atoms with E-state index in [9.17, 15) is 13.2 Å². The Bertz CT molecular complexity index is 582. The highest BCUT2D eigenvalue weighted by Gasteiger charge is 2.30. The lowest BCUT2D eigenvalue weighted by Gasteiger charge is -2.19. The van der Waals surface area contributed by atoms with Crippen molar-refractivity contribution in [1.82, 2.24) is 19.2 Å². The molecule has 0 aliphatic rings. The van der Waals surface area contributed by atoms with Crippen LogP contribution in [0.1, 0.15) is 20.8 Å². The molecule has 0 saturated carbocycles. The molecular formula is C11H19ClN4O3S. The van der Waals surface area contributed by atoms with Crippen molar-refractivity contribution in [2.45, 2.75) is 31.8 Å². The van der Waals surface area contributed by atoms with Crippen LogP contribution in [0.15, 0.2) is 11.4 Å². The number of halogens is 1. The third-order valence-corrected chi connectivity index (χ3v) is 4.95. The van der Waals surface area contributed by atoms with Crippen LogP contribution < -0.4 is 5.32 Å². The van der Waals surface area contributed by atoms with Crippen molar-refractivity contribution in [3.05, 3.63) is 11.5 Å². The number of rotatable bonds is 6. The first-order chi connectivity index (χ1) is 9.20. The largest absolute Gasteiger partial charge is 0.353 e. The number of nitrogens with one attached hydrogen (secondary N) is 1. The van der Waals surface area contributed by atoms with Gasteiger partial charge >= 0.3 is 0 Å². The van der Waals surface area contributed by atoms with Crippen molar-refractivity contribution in [2.24, 2.45) is 7.05 Å². The molecule has 0 aliphatic carbocycles. The van der Waals surface area contributed by atoms with Crippen LogP contribution in [0.5, 0.6) is 0 Å². The third-order valence-electron chi connectivity index (χ3n) is 2.54. The zero-order valence-electron chi connectivity index (χ0n) is 11.9. The summed E-state index contributed by atoms with van der Waals surface area (Å²) in [6, 6.07) is -0.0534. The summed E-state index contributed by atoms with van der Waals surface area (Å²) in [6.07, 6.45) is 1.32. The number of carbonyl (C=O) groups is 1. The predicted octanol–water partition coefficient (Wildman–Crippen LogP) is 0.609. The number of likely N-dealkylation sites (N-methyl/N-ethyl adjacent to an activating group) is 1. The first-order valence-electron chi connectivity index (χ1n) is 6.16. The molecular weight excluding hydrogens is 304 g/mol. The molecule has 20 heavy (non-hydrogen) atoms. The van der Waals surface area contributed by atoms with Crippen LogP contribution in [0.3, 0.4) is 0 Å². The standard InChI is InChI=1S/C11H19ClN4O3S/c1-5-16(6-9(17)14-8(2)3)20(18,19)11-10(12)15(4)7-13-11/h7-8H,5-6H2,1-4H3,(H,14,17). The first-order valence-corrected chi connectivity index (χ1v) is 7.98. The van der Waals surface area contributed by atoms with E-state index in [4.69, 9.17) is 11.6 Å². The number of hydrogen-bond donors (Lipinski definition) is 1. The topological polar surface area (TPSA) is 84.3 Å². The quantitative estimate of drug-likeness (QED) is 0.831. The first kappa shape index (κ1) is 16.9. The molecule has 0 aliphatic heterocycles. The summed E-state index contributed by atoms with van der Waals surface area (Å²) in [5, 5.41) is 2.43. The van der Waals surface area contributed by atoms with Gasteiger partial charge in [-0.15, -0.1) is 0 Å². The molecule has 0 radical (unpaired) electrons. The summed E-state index contributed by atoms with van der Waals surface area (Å²) in [4.78, 5) is 15.5. The van der Waals surface area contributed by atoms with Gasteiger partial charge in [-0.2, -0.15) is 4.31 Å². The molecule has 1 aromatic rings. The van der Waals surface area contributed by atoms with Crippen molar-refractivity contribution >= 4 is 27.5 Å². The van der Waals surface area contributed by atoms with Gasteiger partial charge in [0.1, 0.15) is 5.15 Å². The molecule has 1 aromatic heterocycles. The van der Waals surface area contributed by atoms with Crippen molar-refractivity contribution in [3.8, 4) is 0 Å². The van der Waals surface area contributed by atoms with E-state index in [-0.39, 0.29) is 35.2 Å². The van der Waals surface area contributed by atoms with Crippen molar-refractivity contribution in [2.75, 3.05) is 13.1 Å². The van der Waals surface area contributed by atoms with Gasteiger partial charge in [-0.1, -0.05) is 18.5 Å². The molecule has 1 rings (SSSR count). The number of sulfonamides is 1. The van der Waals surface area contributed by atoms with E-state index in [0.717, 1.165) is 4.31 Å². The fraction of sp³-hybridized carbons (Fsp3) is 0.636. The number of aryl methyl sites for hydroxylation is 1. The molecule has 1 amide bonds. The van der Waals surface area contributed by atoms with Gasteiger partial charge in [-0.05, 0) is 13.8 Å².